The molecule has 0 aliphatic heterocycles. The molecule has 0 spiro atoms. The molecule has 0 aromatic heterocycles. The maximum atomic E-state index is 13.6. The summed E-state index contributed by atoms with van der Waals surface area (Å²) in [7, 11) is 0. The van der Waals surface area contributed by atoms with Gasteiger partial charge in [0.1, 0.15) is 5.82 Å². The van der Waals surface area contributed by atoms with Crippen LogP contribution in [0.5, 0.6) is 0 Å². The lowest BCUT2D eigenvalue weighted by atomic mass is 10.1. The third kappa shape index (κ3) is 4.32. The van der Waals surface area contributed by atoms with Crippen molar-refractivity contribution in [1.29, 1.82) is 0 Å². The van der Waals surface area contributed by atoms with Gasteiger partial charge in [0.2, 0.25) is 5.91 Å². The molecule has 0 fully saturated rings. The zero-order chi connectivity index (χ0) is 14.5. The maximum absolute atomic E-state index is 13.6. The van der Waals surface area contributed by atoms with Crippen molar-refractivity contribution in [2.75, 3.05) is 5.32 Å². The van der Waals surface area contributed by atoms with Crippen molar-refractivity contribution in [3.63, 3.8) is 0 Å². The van der Waals surface area contributed by atoms with Crippen LogP contribution in [0.3, 0.4) is 0 Å². The Hall–Kier alpha value is -1.39. The Balaban J connectivity index is 1.92. The van der Waals surface area contributed by atoms with Crippen LogP contribution >= 0.6 is 27.5 Å². The van der Waals surface area contributed by atoms with Crippen LogP contribution in [0, 0.1) is 5.82 Å². The van der Waals surface area contributed by atoms with Gasteiger partial charge in [-0.3, -0.25) is 4.79 Å². The molecule has 1 N–H and O–H groups in total. The molecule has 0 aliphatic carbocycles. The molecule has 2 rings (SSSR count). The second-order valence-electron chi connectivity index (χ2n) is 4.30. The summed E-state index contributed by atoms with van der Waals surface area (Å²) in [6, 6.07) is 11.8. The number of hydrogen-bond acceptors (Lipinski definition) is 1. The SMILES string of the molecule is O=C(CCc1cccc(Cl)c1)Nc1ccc(Br)cc1F. The molecule has 1 amide bonds. The van der Waals surface area contributed by atoms with Crippen LogP contribution in [-0.4, -0.2) is 5.91 Å². The van der Waals surface area contributed by atoms with Gasteiger partial charge in [0.25, 0.3) is 0 Å². The number of amides is 1. The number of halogens is 3. The van der Waals surface area contributed by atoms with E-state index in [1.807, 2.05) is 18.2 Å². The summed E-state index contributed by atoms with van der Waals surface area (Å²) >= 11 is 9.04. The monoisotopic (exact) mass is 355 g/mol. The van der Waals surface area contributed by atoms with E-state index in [0.29, 0.717) is 15.9 Å². The number of aryl methyl sites for hydroxylation is 1. The van der Waals surface area contributed by atoms with E-state index in [-0.39, 0.29) is 18.0 Å². The molecule has 2 nitrogen and oxygen atoms in total. The van der Waals surface area contributed by atoms with Crippen LogP contribution in [-0.2, 0) is 11.2 Å². The zero-order valence-electron chi connectivity index (χ0n) is 10.5. The highest BCUT2D eigenvalue weighted by atomic mass is 79.9. The first-order chi connectivity index (χ1) is 9.54. The number of rotatable bonds is 4. The van der Waals surface area contributed by atoms with E-state index in [4.69, 9.17) is 11.6 Å². The lowest BCUT2D eigenvalue weighted by Crippen LogP contribution is -2.13. The Kier molecular flexibility index (Phi) is 5.15. The van der Waals surface area contributed by atoms with Crippen molar-refractivity contribution in [2.45, 2.75) is 12.8 Å². The fourth-order valence-corrected chi connectivity index (χ4v) is 2.30. The van der Waals surface area contributed by atoms with E-state index >= 15 is 0 Å². The Labute approximate surface area is 130 Å². The molecule has 0 saturated carbocycles. The van der Waals surface area contributed by atoms with Gasteiger partial charge in [0, 0.05) is 15.9 Å². The van der Waals surface area contributed by atoms with E-state index < -0.39 is 5.82 Å². The van der Waals surface area contributed by atoms with Gasteiger partial charge in [-0.05, 0) is 42.3 Å². The Morgan fingerprint density at radius 3 is 2.75 bits per heavy atom. The fourth-order valence-electron chi connectivity index (χ4n) is 1.75. The van der Waals surface area contributed by atoms with E-state index in [9.17, 15) is 9.18 Å². The molecular formula is C15H12BrClFNO. The summed E-state index contributed by atoms with van der Waals surface area (Å²) < 4.78 is 14.2. The summed E-state index contributed by atoms with van der Waals surface area (Å²) in [6.07, 6.45) is 0.834. The van der Waals surface area contributed by atoms with Gasteiger partial charge in [0.15, 0.2) is 0 Å². The highest BCUT2D eigenvalue weighted by molar-refractivity contribution is 9.10. The summed E-state index contributed by atoms with van der Waals surface area (Å²) in [5, 5.41) is 3.20. The quantitative estimate of drug-likeness (QED) is 0.836. The van der Waals surface area contributed by atoms with Gasteiger partial charge in [-0.2, -0.15) is 0 Å². The number of anilines is 1. The smallest absolute Gasteiger partial charge is 0.224 e. The number of benzene rings is 2. The third-order valence-electron chi connectivity index (χ3n) is 2.73. The largest absolute Gasteiger partial charge is 0.324 e. The van der Waals surface area contributed by atoms with Gasteiger partial charge in [-0.15, -0.1) is 0 Å². The Bertz CT molecular complexity index is 633. The van der Waals surface area contributed by atoms with Gasteiger partial charge in [-0.1, -0.05) is 39.7 Å². The second-order valence-corrected chi connectivity index (χ2v) is 5.65. The van der Waals surface area contributed by atoms with E-state index in [0.717, 1.165) is 5.56 Å². The topological polar surface area (TPSA) is 29.1 Å². The number of carbonyl (C=O) groups is 1. The van der Waals surface area contributed by atoms with Gasteiger partial charge >= 0.3 is 0 Å². The standard InChI is InChI=1S/C15H12BrClFNO/c16-11-5-6-14(13(18)9-11)19-15(20)7-4-10-2-1-3-12(17)8-10/h1-3,5-6,8-9H,4,7H2,(H,19,20). The molecule has 0 radical (unpaired) electrons. The first-order valence-corrected chi connectivity index (χ1v) is 7.21. The van der Waals surface area contributed by atoms with Crippen LogP contribution in [0.25, 0.3) is 0 Å². The average molecular weight is 357 g/mol. The van der Waals surface area contributed by atoms with Crippen LogP contribution in [0.15, 0.2) is 46.9 Å². The average Bonchev–Trinajstić information content (AvgIpc) is 2.40. The summed E-state index contributed by atoms with van der Waals surface area (Å²) in [6.45, 7) is 0. The molecule has 2 aromatic rings. The van der Waals surface area contributed by atoms with Crippen molar-refractivity contribution in [2.24, 2.45) is 0 Å². The molecule has 5 heteroatoms. The van der Waals surface area contributed by atoms with E-state index in [2.05, 4.69) is 21.2 Å². The van der Waals surface area contributed by atoms with Crippen LogP contribution in [0.2, 0.25) is 5.02 Å². The molecular weight excluding hydrogens is 345 g/mol. The fraction of sp³-hybridized carbons (Fsp3) is 0.133. The first-order valence-electron chi connectivity index (χ1n) is 6.04. The Morgan fingerprint density at radius 1 is 1.25 bits per heavy atom. The molecule has 0 saturated heterocycles. The summed E-state index contributed by atoms with van der Waals surface area (Å²) in [5.41, 5.74) is 1.16. The number of nitrogens with one attached hydrogen (secondary N) is 1. The minimum atomic E-state index is -0.463. The van der Waals surface area contributed by atoms with Gasteiger partial charge in [0.05, 0.1) is 5.69 Å². The predicted molar refractivity (Wildman–Crippen MR) is 82.5 cm³/mol. The highest BCUT2D eigenvalue weighted by Gasteiger charge is 2.07. The van der Waals surface area contributed by atoms with E-state index in [1.54, 1.807) is 12.1 Å². The summed E-state index contributed by atoms with van der Waals surface area (Å²) in [4.78, 5) is 11.8. The maximum Gasteiger partial charge on any atom is 0.224 e. The molecule has 0 atom stereocenters. The first kappa shape index (κ1) is 15.0. The lowest BCUT2D eigenvalue weighted by molar-refractivity contribution is -0.116. The highest BCUT2D eigenvalue weighted by Crippen LogP contribution is 2.19. The van der Waals surface area contributed by atoms with Crippen molar-refractivity contribution in [1.82, 2.24) is 0 Å². The molecule has 0 heterocycles. The molecule has 0 bridgehead atoms. The summed E-state index contributed by atoms with van der Waals surface area (Å²) in [5.74, 6) is -0.693. The number of carbonyl (C=O) groups excluding carboxylic acids is 1. The van der Waals surface area contributed by atoms with Crippen molar-refractivity contribution in [3.05, 3.63) is 63.3 Å². The minimum absolute atomic E-state index is 0.185. The van der Waals surface area contributed by atoms with Crippen molar-refractivity contribution >= 4 is 39.1 Å². The van der Waals surface area contributed by atoms with Gasteiger partial charge in [-0.25, -0.2) is 4.39 Å². The third-order valence-corrected chi connectivity index (χ3v) is 3.46. The molecule has 2 aromatic carbocycles. The molecule has 0 unspecified atom stereocenters. The normalized spacial score (nSPS) is 10.3. The predicted octanol–water partition coefficient (Wildman–Crippen LogP) is 4.81. The van der Waals surface area contributed by atoms with Crippen LogP contribution in [0.4, 0.5) is 10.1 Å². The Morgan fingerprint density at radius 2 is 2.05 bits per heavy atom. The lowest BCUT2D eigenvalue weighted by Gasteiger charge is -2.07. The van der Waals surface area contributed by atoms with Crippen LogP contribution < -0.4 is 5.32 Å². The van der Waals surface area contributed by atoms with Crippen molar-refractivity contribution in [3.8, 4) is 0 Å². The zero-order valence-corrected chi connectivity index (χ0v) is 12.8. The van der Waals surface area contributed by atoms with Crippen molar-refractivity contribution < 1.29 is 9.18 Å². The molecule has 20 heavy (non-hydrogen) atoms. The number of hydrogen-bond donors (Lipinski definition) is 1. The van der Waals surface area contributed by atoms with Crippen LogP contribution in [0.1, 0.15) is 12.0 Å². The molecule has 104 valence electrons. The van der Waals surface area contributed by atoms with E-state index in [1.165, 1.54) is 12.1 Å². The molecule has 0 aliphatic rings. The van der Waals surface area contributed by atoms with Gasteiger partial charge < -0.3 is 5.32 Å². The second kappa shape index (κ2) is 6.86. The minimum Gasteiger partial charge on any atom is -0.324 e.